The predicted molar refractivity (Wildman–Crippen MR) is 48.6 cm³/mol. The van der Waals surface area contributed by atoms with E-state index < -0.39 is 10.1 Å². The summed E-state index contributed by atoms with van der Waals surface area (Å²) >= 11 is 0. The molecule has 0 fully saturated rings. The SMILES string of the molecule is COS(=O)(=O)Cc1cc(C)ccn1. The molecule has 0 aliphatic heterocycles. The third-order valence-corrected chi connectivity index (χ3v) is 2.71. The summed E-state index contributed by atoms with van der Waals surface area (Å²) in [4.78, 5) is 3.91. The molecule has 0 aliphatic rings. The smallest absolute Gasteiger partial charge is 0.272 e. The quantitative estimate of drug-likeness (QED) is 0.681. The van der Waals surface area contributed by atoms with Crippen LogP contribution in [0.25, 0.3) is 0 Å². The van der Waals surface area contributed by atoms with E-state index in [1.54, 1.807) is 12.3 Å². The van der Waals surface area contributed by atoms with E-state index in [4.69, 9.17) is 0 Å². The second-order valence-corrected chi connectivity index (χ2v) is 4.43. The van der Waals surface area contributed by atoms with Gasteiger partial charge < -0.3 is 0 Å². The molecule has 0 aromatic carbocycles. The minimum atomic E-state index is -3.45. The molecule has 0 atom stereocenters. The molecule has 0 aliphatic carbocycles. The van der Waals surface area contributed by atoms with Crippen molar-refractivity contribution in [1.29, 1.82) is 0 Å². The Labute approximate surface area is 77.7 Å². The molecule has 13 heavy (non-hydrogen) atoms. The Morgan fingerprint density at radius 2 is 2.23 bits per heavy atom. The molecular weight excluding hydrogens is 190 g/mol. The lowest BCUT2D eigenvalue weighted by Crippen LogP contribution is -2.07. The van der Waals surface area contributed by atoms with Gasteiger partial charge in [-0.3, -0.25) is 9.17 Å². The van der Waals surface area contributed by atoms with E-state index in [9.17, 15) is 8.42 Å². The first-order valence-electron chi connectivity index (χ1n) is 3.73. The van der Waals surface area contributed by atoms with Gasteiger partial charge in [0.05, 0.1) is 12.8 Å². The van der Waals surface area contributed by atoms with Crippen molar-refractivity contribution in [3.63, 3.8) is 0 Å². The standard InChI is InChI=1S/C8H11NO3S/c1-7-3-4-9-8(5-7)6-13(10,11)12-2/h3-5H,6H2,1-2H3. The zero-order valence-electron chi connectivity index (χ0n) is 7.52. The van der Waals surface area contributed by atoms with Crippen LogP contribution in [0.15, 0.2) is 18.3 Å². The second kappa shape index (κ2) is 3.85. The number of hydrogen-bond donors (Lipinski definition) is 0. The molecular formula is C8H11NO3S. The molecule has 1 rings (SSSR count). The lowest BCUT2D eigenvalue weighted by Gasteiger charge is -2.01. The molecule has 4 nitrogen and oxygen atoms in total. The van der Waals surface area contributed by atoms with E-state index in [-0.39, 0.29) is 5.75 Å². The molecule has 1 aromatic heterocycles. The molecule has 5 heteroatoms. The molecule has 0 amide bonds. The van der Waals surface area contributed by atoms with Crippen LogP contribution in [0.5, 0.6) is 0 Å². The van der Waals surface area contributed by atoms with Crippen LogP contribution in [0.2, 0.25) is 0 Å². The third-order valence-electron chi connectivity index (χ3n) is 1.55. The van der Waals surface area contributed by atoms with Crippen molar-refractivity contribution in [2.75, 3.05) is 7.11 Å². The maximum Gasteiger partial charge on any atom is 0.272 e. The van der Waals surface area contributed by atoms with E-state index in [1.165, 1.54) is 0 Å². The highest BCUT2D eigenvalue weighted by Crippen LogP contribution is 2.05. The fourth-order valence-corrected chi connectivity index (χ4v) is 1.56. The van der Waals surface area contributed by atoms with Crippen LogP contribution in [-0.4, -0.2) is 20.5 Å². The van der Waals surface area contributed by atoms with Crippen LogP contribution >= 0.6 is 0 Å². The van der Waals surface area contributed by atoms with E-state index in [2.05, 4.69) is 9.17 Å². The van der Waals surface area contributed by atoms with Crippen LogP contribution in [-0.2, 0) is 20.1 Å². The number of aromatic nitrogens is 1. The van der Waals surface area contributed by atoms with E-state index >= 15 is 0 Å². The van der Waals surface area contributed by atoms with Crippen molar-refractivity contribution in [1.82, 2.24) is 4.98 Å². The summed E-state index contributed by atoms with van der Waals surface area (Å²) in [6.45, 7) is 1.88. The Bertz CT molecular complexity index is 386. The van der Waals surface area contributed by atoms with Gasteiger partial charge in [-0.2, -0.15) is 8.42 Å². The molecule has 0 spiro atoms. The molecule has 0 N–H and O–H groups in total. The normalized spacial score (nSPS) is 11.5. The summed E-state index contributed by atoms with van der Waals surface area (Å²) in [7, 11) is -2.31. The van der Waals surface area contributed by atoms with Crippen LogP contribution in [0.1, 0.15) is 11.3 Å². The number of rotatable bonds is 3. The molecule has 0 bridgehead atoms. The van der Waals surface area contributed by atoms with Gasteiger partial charge in [-0.25, -0.2) is 0 Å². The molecule has 1 aromatic rings. The van der Waals surface area contributed by atoms with Gasteiger partial charge in [0.1, 0.15) is 5.75 Å². The fourth-order valence-electron chi connectivity index (χ4n) is 0.918. The predicted octanol–water partition coefficient (Wildman–Crippen LogP) is 0.866. The molecule has 72 valence electrons. The zero-order valence-corrected chi connectivity index (χ0v) is 8.34. The maximum atomic E-state index is 11.0. The van der Waals surface area contributed by atoms with Gasteiger partial charge in [0.2, 0.25) is 0 Å². The highest BCUT2D eigenvalue weighted by Gasteiger charge is 2.10. The second-order valence-electron chi connectivity index (χ2n) is 2.69. The Balaban J connectivity index is 2.87. The van der Waals surface area contributed by atoms with Crippen molar-refractivity contribution < 1.29 is 12.6 Å². The largest absolute Gasteiger partial charge is 0.273 e. The summed E-state index contributed by atoms with van der Waals surface area (Å²) in [6.07, 6.45) is 1.58. The molecule has 0 saturated carbocycles. The van der Waals surface area contributed by atoms with E-state index in [0.717, 1.165) is 12.7 Å². The number of nitrogens with zero attached hydrogens (tertiary/aromatic N) is 1. The number of pyridine rings is 1. The maximum absolute atomic E-state index is 11.0. The molecule has 1 heterocycles. The number of hydrogen-bond acceptors (Lipinski definition) is 4. The molecule has 0 radical (unpaired) electrons. The van der Waals surface area contributed by atoms with Crippen LogP contribution < -0.4 is 0 Å². The lowest BCUT2D eigenvalue weighted by molar-refractivity contribution is 0.396. The lowest BCUT2D eigenvalue weighted by atomic mass is 10.3. The van der Waals surface area contributed by atoms with Crippen LogP contribution in [0, 0.1) is 6.92 Å². The van der Waals surface area contributed by atoms with Gasteiger partial charge in [0.25, 0.3) is 10.1 Å². The van der Waals surface area contributed by atoms with Crippen molar-refractivity contribution >= 4 is 10.1 Å². The third kappa shape index (κ3) is 3.12. The van der Waals surface area contributed by atoms with Gasteiger partial charge >= 0.3 is 0 Å². The van der Waals surface area contributed by atoms with Gasteiger partial charge in [-0.15, -0.1) is 0 Å². The molecule has 0 unspecified atom stereocenters. The Morgan fingerprint density at radius 1 is 1.54 bits per heavy atom. The Hall–Kier alpha value is -0.940. The van der Waals surface area contributed by atoms with Crippen LogP contribution in [0.4, 0.5) is 0 Å². The van der Waals surface area contributed by atoms with Gasteiger partial charge in [-0.1, -0.05) is 0 Å². The van der Waals surface area contributed by atoms with Crippen molar-refractivity contribution in [3.05, 3.63) is 29.6 Å². The first-order valence-corrected chi connectivity index (χ1v) is 5.31. The first kappa shape index (κ1) is 10.1. The van der Waals surface area contributed by atoms with Gasteiger partial charge in [-0.05, 0) is 24.6 Å². The summed E-state index contributed by atoms with van der Waals surface area (Å²) in [5.74, 6) is -0.175. The first-order chi connectivity index (χ1) is 6.03. The van der Waals surface area contributed by atoms with Crippen LogP contribution in [0.3, 0.4) is 0 Å². The van der Waals surface area contributed by atoms with E-state index in [0.29, 0.717) is 5.69 Å². The average molecular weight is 201 g/mol. The minimum Gasteiger partial charge on any atom is -0.273 e. The Kier molecular flexibility index (Phi) is 3.00. The summed E-state index contributed by atoms with van der Waals surface area (Å²) in [5, 5.41) is 0. The minimum absolute atomic E-state index is 0.175. The monoisotopic (exact) mass is 201 g/mol. The Morgan fingerprint density at radius 3 is 2.77 bits per heavy atom. The highest BCUT2D eigenvalue weighted by atomic mass is 32.2. The topological polar surface area (TPSA) is 56.3 Å². The highest BCUT2D eigenvalue weighted by molar-refractivity contribution is 7.85. The van der Waals surface area contributed by atoms with Gasteiger partial charge in [0, 0.05) is 6.20 Å². The van der Waals surface area contributed by atoms with Crippen molar-refractivity contribution in [2.24, 2.45) is 0 Å². The van der Waals surface area contributed by atoms with Crippen molar-refractivity contribution in [2.45, 2.75) is 12.7 Å². The van der Waals surface area contributed by atoms with Crippen molar-refractivity contribution in [3.8, 4) is 0 Å². The average Bonchev–Trinajstić information content (AvgIpc) is 2.03. The summed E-state index contributed by atoms with van der Waals surface area (Å²) < 4.78 is 26.3. The summed E-state index contributed by atoms with van der Waals surface area (Å²) in [6, 6.07) is 3.53. The fraction of sp³-hybridized carbons (Fsp3) is 0.375. The zero-order chi connectivity index (χ0) is 9.90. The van der Waals surface area contributed by atoms with E-state index in [1.807, 2.05) is 13.0 Å². The van der Waals surface area contributed by atoms with Gasteiger partial charge in [0.15, 0.2) is 0 Å². The molecule has 0 saturated heterocycles. The number of aryl methyl sites for hydroxylation is 1. The summed E-state index contributed by atoms with van der Waals surface area (Å²) in [5.41, 5.74) is 1.48.